The van der Waals surface area contributed by atoms with E-state index in [4.69, 9.17) is 0 Å². The lowest BCUT2D eigenvalue weighted by Gasteiger charge is -2.06. The van der Waals surface area contributed by atoms with E-state index in [1.54, 1.807) is 16.6 Å². The van der Waals surface area contributed by atoms with Crippen molar-refractivity contribution in [2.75, 3.05) is 5.32 Å². The Hall–Kier alpha value is -2.50. The Morgan fingerprint density at radius 2 is 2.18 bits per heavy atom. The van der Waals surface area contributed by atoms with Crippen molar-refractivity contribution >= 4 is 11.5 Å². The summed E-state index contributed by atoms with van der Waals surface area (Å²) >= 11 is 0. The van der Waals surface area contributed by atoms with E-state index in [0.717, 1.165) is 35.7 Å². The Morgan fingerprint density at radius 1 is 1.27 bits per heavy atom. The molecule has 2 heterocycles. The molecule has 5 nitrogen and oxygen atoms in total. The van der Waals surface area contributed by atoms with Crippen molar-refractivity contribution in [3.63, 3.8) is 0 Å². The molecular formula is C16H16FN5. The van der Waals surface area contributed by atoms with Gasteiger partial charge in [0.25, 0.3) is 0 Å². The monoisotopic (exact) mass is 297 g/mol. The van der Waals surface area contributed by atoms with E-state index in [-0.39, 0.29) is 5.82 Å². The summed E-state index contributed by atoms with van der Waals surface area (Å²) in [5.41, 5.74) is 1.79. The van der Waals surface area contributed by atoms with Crippen LogP contribution in [0.4, 0.5) is 10.2 Å². The first-order chi connectivity index (χ1) is 10.7. The molecule has 1 saturated carbocycles. The van der Waals surface area contributed by atoms with Gasteiger partial charge in [-0.3, -0.25) is 0 Å². The van der Waals surface area contributed by atoms with Crippen molar-refractivity contribution in [2.24, 2.45) is 0 Å². The van der Waals surface area contributed by atoms with Gasteiger partial charge in [-0.1, -0.05) is 19.1 Å². The molecule has 1 aliphatic rings. The zero-order chi connectivity index (χ0) is 15.1. The van der Waals surface area contributed by atoms with Crippen molar-refractivity contribution in [3.8, 4) is 0 Å². The van der Waals surface area contributed by atoms with Gasteiger partial charge in [0.15, 0.2) is 11.5 Å². The minimum absolute atomic E-state index is 0.181. The molecule has 1 N–H and O–H groups in total. The van der Waals surface area contributed by atoms with Crippen LogP contribution in [-0.4, -0.2) is 25.9 Å². The van der Waals surface area contributed by atoms with E-state index in [1.165, 1.54) is 6.07 Å². The number of aryl methyl sites for hydroxylation is 1. The molecule has 6 heteroatoms. The van der Waals surface area contributed by atoms with Crippen LogP contribution in [0.5, 0.6) is 0 Å². The Bertz CT molecular complexity index is 828. The first-order valence-corrected chi connectivity index (χ1v) is 7.48. The Kier molecular flexibility index (Phi) is 3.03. The van der Waals surface area contributed by atoms with Crippen molar-refractivity contribution in [1.82, 2.24) is 19.8 Å². The molecular weight excluding hydrogens is 281 g/mol. The van der Waals surface area contributed by atoms with E-state index in [1.807, 2.05) is 25.1 Å². The third-order valence-electron chi connectivity index (χ3n) is 4.04. The molecule has 1 aliphatic carbocycles. The molecule has 2 atom stereocenters. The molecule has 3 aromatic rings. The minimum atomic E-state index is -0.181. The van der Waals surface area contributed by atoms with Crippen LogP contribution in [0, 0.1) is 5.82 Å². The standard InChI is InChI=1S/C16H16FN5/c1-2-15-19-20-16-7-6-14(21-22(15)16)18-13-9-12(13)10-4-3-5-11(17)8-10/h3-8,12-13H,2,9H2,1H3,(H,18,21)/t12-,13+/m0/s1. The lowest BCUT2D eigenvalue weighted by atomic mass is 10.1. The number of nitrogens with zero attached hydrogens (tertiary/aromatic N) is 4. The predicted molar refractivity (Wildman–Crippen MR) is 81.3 cm³/mol. The van der Waals surface area contributed by atoms with Crippen LogP contribution in [0.15, 0.2) is 36.4 Å². The van der Waals surface area contributed by atoms with E-state index < -0.39 is 0 Å². The molecule has 0 bridgehead atoms. The fourth-order valence-electron chi connectivity index (χ4n) is 2.78. The minimum Gasteiger partial charge on any atom is -0.365 e. The lowest BCUT2D eigenvalue weighted by Crippen LogP contribution is -2.08. The van der Waals surface area contributed by atoms with Crippen molar-refractivity contribution in [2.45, 2.75) is 31.7 Å². The van der Waals surface area contributed by atoms with Gasteiger partial charge in [-0.05, 0) is 36.2 Å². The topological polar surface area (TPSA) is 55.1 Å². The van der Waals surface area contributed by atoms with Crippen molar-refractivity contribution in [3.05, 3.63) is 53.6 Å². The van der Waals surface area contributed by atoms with Crippen LogP contribution in [0.25, 0.3) is 5.65 Å². The van der Waals surface area contributed by atoms with Gasteiger partial charge in [0.1, 0.15) is 11.6 Å². The zero-order valence-corrected chi connectivity index (χ0v) is 12.2. The molecule has 0 saturated heterocycles. The first kappa shape index (κ1) is 13.2. The number of hydrogen-bond acceptors (Lipinski definition) is 4. The molecule has 0 unspecified atom stereocenters. The SMILES string of the molecule is CCc1nnc2ccc(N[C@@H]3C[C@H]3c3cccc(F)c3)nn12. The summed E-state index contributed by atoms with van der Waals surface area (Å²) in [6.07, 6.45) is 1.78. The summed E-state index contributed by atoms with van der Waals surface area (Å²) in [6.45, 7) is 2.03. The van der Waals surface area contributed by atoms with Gasteiger partial charge in [0.2, 0.25) is 0 Å². The number of fused-ring (bicyclic) bond motifs is 1. The quantitative estimate of drug-likeness (QED) is 0.804. The normalized spacial score (nSPS) is 20.3. The van der Waals surface area contributed by atoms with Crippen LogP contribution in [0.1, 0.15) is 30.7 Å². The number of halogens is 1. The number of anilines is 1. The highest BCUT2D eigenvalue weighted by molar-refractivity contribution is 5.46. The summed E-state index contributed by atoms with van der Waals surface area (Å²) in [6, 6.07) is 10.9. The Morgan fingerprint density at radius 3 is 3.00 bits per heavy atom. The third kappa shape index (κ3) is 2.30. The molecule has 0 amide bonds. The molecule has 4 rings (SSSR count). The summed E-state index contributed by atoms with van der Waals surface area (Å²) in [5.74, 6) is 1.81. The third-order valence-corrected chi connectivity index (χ3v) is 4.04. The van der Waals surface area contributed by atoms with Crippen LogP contribution >= 0.6 is 0 Å². The smallest absolute Gasteiger partial charge is 0.178 e. The second-order valence-electron chi connectivity index (χ2n) is 5.61. The number of benzene rings is 1. The number of rotatable bonds is 4. The van der Waals surface area contributed by atoms with Crippen LogP contribution in [-0.2, 0) is 6.42 Å². The molecule has 0 aliphatic heterocycles. The van der Waals surface area contributed by atoms with Crippen LogP contribution in [0.2, 0.25) is 0 Å². The molecule has 0 radical (unpaired) electrons. The van der Waals surface area contributed by atoms with Gasteiger partial charge in [-0.2, -0.15) is 4.52 Å². The average Bonchev–Trinajstić information content (AvgIpc) is 3.17. The van der Waals surface area contributed by atoms with Gasteiger partial charge in [0, 0.05) is 18.4 Å². The maximum absolute atomic E-state index is 13.3. The summed E-state index contributed by atoms with van der Waals surface area (Å²) in [7, 11) is 0. The van der Waals surface area contributed by atoms with Gasteiger partial charge in [-0.15, -0.1) is 15.3 Å². The number of hydrogen-bond donors (Lipinski definition) is 1. The molecule has 22 heavy (non-hydrogen) atoms. The summed E-state index contributed by atoms with van der Waals surface area (Å²) < 4.78 is 15.0. The fraction of sp³-hybridized carbons (Fsp3) is 0.312. The van der Waals surface area contributed by atoms with E-state index >= 15 is 0 Å². The Balaban J connectivity index is 1.53. The van der Waals surface area contributed by atoms with E-state index in [0.29, 0.717) is 12.0 Å². The van der Waals surface area contributed by atoms with Crippen LogP contribution in [0.3, 0.4) is 0 Å². The number of nitrogens with one attached hydrogen (secondary N) is 1. The second-order valence-corrected chi connectivity index (χ2v) is 5.61. The zero-order valence-electron chi connectivity index (χ0n) is 12.2. The summed E-state index contributed by atoms with van der Waals surface area (Å²) in [5, 5.41) is 16.1. The van der Waals surface area contributed by atoms with E-state index in [2.05, 4.69) is 20.6 Å². The maximum atomic E-state index is 13.3. The Labute approximate surface area is 127 Å². The van der Waals surface area contributed by atoms with Gasteiger partial charge in [-0.25, -0.2) is 4.39 Å². The largest absolute Gasteiger partial charge is 0.365 e. The van der Waals surface area contributed by atoms with Gasteiger partial charge >= 0.3 is 0 Å². The van der Waals surface area contributed by atoms with Gasteiger partial charge in [0.05, 0.1) is 0 Å². The summed E-state index contributed by atoms with van der Waals surface area (Å²) in [4.78, 5) is 0. The molecule has 1 aromatic carbocycles. The number of aromatic nitrogens is 4. The highest BCUT2D eigenvalue weighted by Crippen LogP contribution is 2.42. The molecule has 0 spiro atoms. The van der Waals surface area contributed by atoms with E-state index in [9.17, 15) is 4.39 Å². The average molecular weight is 297 g/mol. The predicted octanol–water partition coefficient (Wildman–Crippen LogP) is 2.79. The highest BCUT2D eigenvalue weighted by Gasteiger charge is 2.38. The fourth-order valence-corrected chi connectivity index (χ4v) is 2.78. The maximum Gasteiger partial charge on any atom is 0.178 e. The van der Waals surface area contributed by atoms with Crippen molar-refractivity contribution < 1.29 is 4.39 Å². The second kappa shape index (κ2) is 5.05. The van der Waals surface area contributed by atoms with Gasteiger partial charge < -0.3 is 5.32 Å². The van der Waals surface area contributed by atoms with Crippen molar-refractivity contribution in [1.29, 1.82) is 0 Å². The molecule has 1 fully saturated rings. The first-order valence-electron chi connectivity index (χ1n) is 7.48. The van der Waals surface area contributed by atoms with Crippen LogP contribution < -0.4 is 5.32 Å². The molecule has 112 valence electrons. The highest BCUT2D eigenvalue weighted by atomic mass is 19.1. The molecule has 2 aromatic heterocycles. The lowest BCUT2D eigenvalue weighted by molar-refractivity contribution is 0.625.